The molecule has 1 heterocycles. The van der Waals surface area contributed by atoms with Gasteiger partial charge in [0.1, 0.15) is 0 Å². The van der Waals surface area contributed by atoms with Crippen molar-refractivity contribution in [3.8, 4) is 0 Å². The van der Waals surface area contributed by atoms with Gasteiger partial charge in [-0.25, -0.2) is 4.98 Å². The summed E-state index contributed by atoms with van der Waals surface area (Å²) in [4.78, 5) is 4.45. The lowest BCUT2D eigenvalue weighted by molar-refractivity contribution is 1.37. The summed E-state index contributed by atoms with van der Waals surface area (Å²) in [7, 11) is 0. The Morgan fingerprint density at radius 1 is 1.29 bits per heavy atom. The molecule has 1 aromatic heterocycles. The van der Waals surface area contributed by atoms with Gasteiger partial charge in [0.2, 0.25) is 0 Å². The third-order valence-corrected chi connectivity index (χ3v) is 2.34. The van der Waals surface area contributed by atoms with E-state index in [0.29, 0.717) is 0 Å². The van der Waals surface area contributed by atoms with Crippen molar-refractivity contribution < 1.29 is 0 Å². The number of aromatic nitrogens is 1. The number of halogens is 1. The molecule has 2 rings (SSSR count). The molecule has 0 saturated carbocycles. The van der Waals surface area contributed by atoms with Crippen LogP contribution in [-0.4, -0.2) is 4.98 Å². The number of para-hydroxylation sites is 1. The Morgan fingerprint density at radius 3 is 2.86 bits per heavy atom. The Balaban J connectivity index is 2.72. The number of fused-ring (bicyclic) bond motifs is 1. The monoisotopic (exact) mass is 203 g/mol. The highest BCUT2D eigenvalue weighted by molar-refractivity contribution is 6.35. The highest BCUT2D eigenvalue weighted by Gasteiger charge is 2.00. The third kappa shape index (κ3) is 1.64. The molecule has 0 aliphatic carbocycles. The predicted octanol–water partition coefficient (Wildman–Crippen LogP) is 3.92. The van der Waals surface area contributed by atoms with E-state index in [1.165, 1.54) is 0 Å². The highest BCUT2D eigenvalue weighted by Crippen LogP contribution is 2.23. The highest BCUT2D eigenvalue weighted by atomic mass is 35.5. The number of pyridine rings is 1. The molecular formula is C12H10ClN. The van der Waals surface area contributed by atoms with Crippen LogP contribution in [0, 0.1) is 0 Å². The third-order valence-electron chi connectivity index (χ3n) is 2.02. The lowest BCUT2D eigenvalue weighted by Gasteiger charge is -2.01. The van der Waals surface area contributed by atoms with Gasteiger partial charge in [0.25, 0.3) is 0 Å². The average molecular weight is 204 g/mol. The van der Waals surface area contributed by atoms with Crippen molar-refractivity contribution in [3.05, 3.63) is 47.1 Å². The molecule has 0 spiro atoms. The fourth-order valence-corrected chi connectivity index (χ4v) is 1.68. The molecule has 1 aromatic carbocycles. The van der Waals surface area contributed by atoms with Gasteiger partial charge in [0, 0.05) is 5.39 Å². The van der Waals surface area contributed by atoms with Crippen molar-refractivity contribution in [2.24, 2.45) is 0 Å². The number of hydrogen-bond donors (Lipinski definition) is 0. The van der Waals surface area contributed by atoms with E-state index in [2.05, 4.69) is 4.98 Å². The van der Waals surface area contributed by atoms with Crippen LogP contribution in [0.4, 0.5) is 0 Å². The van der Waals surface area contributed by atoms with Crippen LogP contribution >= 0.6 is 11.6 Å². The summed E-state index contributed by atoms with van der Waals surface area (Å²) in [5.41, 5.74) is 1.84. The fourth-order valence-electron chi connectivity index (χ4n) is 1.41. The van der Waals surface area contributed by atoms with Crippen LogP contribution in [0.3, 0.4) is 0 Å². The molecule has 0 atom stereocenters. The number of nitrogens with zero attached hydrogens (tertiary/aromatic N) is 1. The molecule has 0 unspecified atom stereocenters. The average Bonchev–Trinajstić information content (AvgIpc) is 2.18. The van der Waals surface area contributed by atoms with Gasteiger partial charge in [-0.05, 0) is 25.1 Å². The molecule has 0 N–H and O–H groups in total. The maximum Gasteiger partial charge on any atom is 0.0724 e. The first-order valence-corrected chi connectivity index (χ1v) is 4.87. The minimum atomic E-state index is 0.753. The van der Waals surface area contributed by atoms with E-state index in [4.69, 9.17) is 11.6 Å². The van der Waals surface area contributed by atoms with E-state index in [1.807, 2.05) is 49.4 Å². The number of rotatable bonds is 1. The summed E-state index contributed by atoms with van der Waals surface area (Å²) in [6.45, 7) is 1.96. The Labute approximate surface area is 88.0 Å². The molecule has 1 nitrogen and oxygen atoms in total. The first kappa shape index (κ1) is 9.22. The van der Waals surface area contributed by atoms with E-state index in [1.54, 1.807) is 0 Å². The Bertz CT molecular complexity index is 489. The molecule has 0 fully saturated rings. The summed E-state index contributed by atoms with van der Waals surface area (Å²) in [5, 5.41) is 1.76. The summed E-state index contributed by atoms with van der Waals surface area (Å²) >= 11 is 6.12. The standard InChI is InChI=1S/C12H10ClN/c1-2-5-9-8-11(13)10-6-3-4-7-12(10)14-9/h2-8H,1H3/b5-2+. The van der Waals surface area contributed by atoms with E-state index in [9.17, 15) is 0 Å². The maximum absolute atomic E-state index is 6.12. The molecule has 0 amide bonds. The van der Waals surface area contributed by atoms with Crippen LogP contribution in [-0.2, 0) is 0 Å². The van der Waals surface area contributed by atoms with Gasteiger partial charge in [-0.3, -0.25) is 0 Å². The van der Waals surface area contributed by atoms with Crippen LogP contribution in [0.1, 0.15) is 12.6 Å². The quantitative estimate of drug-likeness (QED) is 0.685. The second-order valence-corrected chi connectivity index (χ2v) is 3.45. The van der Waals surface area contributed by atoms with Gasteiger partial charge in [-0.15, -0.1) is 0 Å². The van der Waals surface area contributed by atoms with E-state index in [-0.39, 0.29) is 0 Å². The van der Waals surface area contributed by atoms with Crippen LogP contribution < -0.4 is 0 Å². The van der Waals surface area contributed by atoms with Gasteiger partial charge in [0.05, 0.1) is 16.2 Å². The van der Waals surface area contributed by atoms with Crippen molar-refractivity contribution in [1.82, 2.24) is 4.98 Å². The van der Waals surface area contributed by atoms with Crippen molar-refractivity contribution in [3.63, 3.8) is 0 Å². The molecule has 0 aliphatic rings. The number of benzene rings is 1. The van der Waals surface area contributed by atoms with Gasteiger partial charge in [-0.1, -0.05) is 35.9 Å². The number of allylic oxidation sites excluding steroid dienone is 1. The molecule has 0 saturated heterocycles. The number of hydrogen-bond acceptors (Lipinski definition) is 1. The van der Waals surface area contributed by atoms with Crippen molar-refractivity contribution in [2.75, 3.05) is 0 Å². The zero-order valence-electron chi connectivity index (χ0n) is 7.87. The zero-order valence-corrected chi connectivity index (χ0v) is 8.62. The molecule has 2 heteroatoms. The first-order chi connectivity index (χ1) is 6.81. The van der Waals surface area contributed by atoms with E-state index < -0.39 is 0 Å². The van der Waals surface area contributed by atoms with Gasteiger partial charge in [0.15, 0.2) is 0 Å². The SMILES string of the molecule is C/C=C/c1cc(Cl)c2ccccc2n1. The molecule has 70 valence electrons. The Morgan fingerprint density at radius 2 is 2.07 bits per heavy atom. The second-order valence-electron chi connectivity index (χ2n) is 3.05. The predicted molar refractivity (Wildman–Crippen MR) is 61.5 cm³/mol. The topological polar surface area (TPSA) is 12.9 Å². The molecule has 2 aromatic rings. The summed E-state index contributed by atoms with van der Waals surface area (Å²) in [6, 6.07) is 9.75. The van der Waals surface area contributed by atoms with Gasteiger partial charge in [-0.2, -0.15) is 0 Å². The van der Waals surface area contributed by atoms with Gasteiger partial charge < -0.3 is 0 Å². The van der Waals surface area contributed by atoms with E-state index >= 15 is 0 Å². The zero-order chi connectivity index (χ0) is 9.97. The van der Waals surface area contributed by atoms with Crippen molar-refractivity contribution >= 4 is 28.6 Å². The molecule has 0 bridgehead atoms. The molecule has 0 radical (unpaired) electrons. The molecular weight excluding hydrogens is 194 g/mol. The molecule has 0 aliphatic heterocycles. The minimum absolute atomic E-state index is 0.753. The summed E-state index contributed by atoms with van der Waals surface area (Å²) in [5.74, 6) is 0. The van der Waals surface area contributed by atoms with Crippen LogP contribution in [0.2, 0.25) is 5.02 Å². The van der Waals surface area contributed by atoms with Gasteiger partial charge >= 0.3 is 0 Å². The second kappa shape index (κ2) is 3.81. The lowest BCUT2D eigenvalue weighted by atomic mass is 10.2. The smallest absolute Gasteiger partial charge is 0.0724 e. The molecule has 14 heavy (non-hydrogen) atoms. The van der Waals surface area contributed by atoms with Crippen LogP contribution in [0.25, 0.3) is 17.0 Å². The van der Waals surface area contributed by atoms with Crippen LogP contribution in [0.15, 0.2) is 36.4 Å². The summed E-state index contributed by atoms with van der Waals surface area (Å²) < 4.78 is 0. The van der Waals surface area contributed by atoms with Crippen LogP contribution in [0.5, 0.6) is 0 Å². The normalized spacial score (nSPS) is 11.3. The fraction of sp³-hybridized carbons (Fsp3) is 0.0833. The van der Waals surface area contributed by atoms with Crippen molar-refractivity contribution in [1.29, 1.82) is 0 Å². The Hall–Kier alpha value is -1.34. The Kier molecular flexibility index (Phi) is 2.51. The summed E-state index contributed by atoms with van der Waals surface area (Å²) in [6.07, 6.45) is 3.89. The maximum atomic E-state index is 6.12. The minimum Gasteiger partial charge on any atom is -0.248 e. The van der Waals surface area contributed by atoms with Crippen molar-refractivity contribution in [2.45, 2.75) is 6.92 Å². The largest absolute Gasteiger partial charge is 0.248 e. The lowest BCUT2D eigenvalue weighted by Crippen LogP contribution is -1.84. The van der Waals surface area contributed by atoms with E-state index in [0.717, 1.165) is 21.6 Å². The first-order valence-electron chi connectivity index (χ1n) is 4.49.